The summed E-state index contributed by atoms with van der Waals surface area (Å²) < 4.78 is 37.7. The van der Waals surface area contributed by atoms with Gasteiger partial charge in [0.1, 0.15) is 4.90 Å². The molecule has 1 aliphatic carbocycles. The second kappa shape index (κ2) is 5.88. The number of aromatic nitrogens is 2. The first kappa shape index (κ1) is 15.1. The van der Waals surface area contributed by atoms with Crippen molar-refractivity contribution in [3.63, 3.8) is 0 Å². The Kier molecular flexibility index (Phi) is 3.70. The monoisotopic (exact) mass is 345 g/mol. The normalized spacial score (nSPS) is 15.0. The van der Waals surface area contributed by atoms with Gasteiger partial charge in [-0.25, -0.2) is 8.42 Å². The van der Waals surface area contributed by atoms with Crippen molar-refractivity contribution < 1.29 is 17.4 Å². The van der Waals surface area contributed by atoms with E-state index in [1.54, 1.807) is 42.8 Å². The smallest absolute Gasteiger partial charge is 0.245 e. The minimum absolute atomic E-state index is 0.000955. The molecule has 0 bridgehead atoms. The van der Waals surface area contributed by atoms with Gasteiger partial charge in [-0.2, -0.15) is 4.31 Å². The molecule has 8 heteroatoms. The zero-order chi connectivity index (χ0) is 16.6. The highest BCUT2D eigenvalue weighted by molar-refractivity contribution is 7.89. The van der Waals surface area contributed by atoms with Crippen molar-refractivity contribution in [2.45, 2.75) is 30.3 Å². The zero-order valence-corrected chi connectivity index (χ0v) is 13.5. The van der Waals surface area contributed by atoms with Crippen LogP contribution in [0, 0.1) is 0 Å². The van der Waals surface area contributed by atoms with Crippen molar-refractivity contribution in [2.75, 3.05) is 0 Å². The molecule has 1 aliphatic rings. The van der Waals surface area contributed by atoms with E-state index in [9.17, 15) is 8.42 Å². The van der Waals surface area contributed by atoms with Gasteiger partial charge in [0.05, 0.1) is 18.5 Å². The molecule has 0 aromatic carbocycles. The first-order valence-corrected chi connectivity index (χ1v) is 9.00. The maximum absolute atomic E-state index is 12.9. The van der Waals surface area contributed by atoms with Gasteiger partial charge in [0.2, 0.25) is 15.8 Å². The van der Waals surface area contributed by atoms with Gasteiger partial charge in [-0.3, -0.25) is 4.98 Å². The molecule has 0 aliphatic heterocycles. The van der Waals surface area contributed by atoms with E-state index in [2.05, 4.69) is 10.1 Å². The van der Waals surface area contributed by atoms with Gasteiger partial charge in [-0.15, -0.1) is 0 Å². The Hall–Kier alpha value is -2.45. The molecular formula is C16H15N3O4S. The zero-order valence-electron chi connectivity index (χ0n) is 12.7. The summed E-state index contributed by atoms with van der Waals surface area (Å²) in [7, 11) is -3.61. The van der Waals surface area contributed by atoms with Crippen LogP contribution in [-0.4, -0.2) is 28.9 Å². The van der Waals surface area contributed by atoms with Gasteiger partial charge >= 0.3 is 0 Å². The minimum atomic E-state index is -3.61. The maximum Gasteiger partial charge on any atom is 0.245 e. The van der Waals surface area contributed by atoms with Crippen molar-refractivity contribution in [2.24, 2.45) is 0 Å². The lowest BCUT2D eigenvalue weighted by molar-refractivity contribution is 0.367. The Morgan fingerprint density at radius 3 is 2.75 bits per heavy atom. The highest BCUT2D eigenvalue weighted by atomic mass is 32.2. The lowest BCUT2D eigenvalue weighted by atomic mass is 10.3. The standard InChI is InChI=1S/C16H15N3O4S/c20-24(21,14-3-1-7-17-10-14)19(13-5-6-13)11-12-9-16(23-18-12)15-4-2-8-22-15/h1-4,7-10,13H,5-6,11H2. The van der Waals surface area contributed by atoms with Crippen LogP contribution in [0.5, 0.6) is 0 Å². The Morgan fingerprint density at radius 1 is 1.21 bits per heavy atom. The van der Waals surface area contributed by atoms with Crippen LogP contribution >= 0.6 is 0 Å². The molecular weight excluding hydrogens is 330 g/mol. The summed E-state index contributed by atoms with van der Waals surface area (Å²) in [6.45, 7) is 0.159. The molecule has 0 spiro atoms. The third-order valence-electron chi connectivity index (χ3n) is 3.84. The first-order chi connectivity index (χ1) is 11.6. The number of furan rings is 1. The van der Waals surface area contributed by atoms with Gasteiger partial charge in [0.25, 0.3) is 0 Å². The van der Waals surface area contributed by atoms with Crippen molar-refractivity contribution in [1.82, 2.24) is 14.4 Å². The second-order valence-electron chi connectivity index (χ2n) is 5.63. The lowest BCUT2D eigenvalue weighted by Crippen LogP contribution is -2.32. The third kappa shape index (κ3) is 2.85. The topological polar surface area (TPSA) is 89.4 Å². The van der Waals surface area contributed by atoms with Crippen LogP contribution in [0.4, 0.5) is 0 Å². The predicted molar refractivity (Wildman–Crippen MR) is 84.2 cm³/mol. The molecule has 0 unspecified atom stereocenters. The van der Waals surface area contributed by atoms with Crippen molar-refractivity contribution in [1.29, 1.82) is 0 Å². The maximum atomic E-state index is 12.9. The van der Waals surface area contributed by atoms with Gasteiger partial charge in [0.15, 0.2) is 5.76 Å². The van der Waals surface area contributed by atoms with Crippen LogP contribution < -0.4 is 0 Å². The molecule has 1 saturated carbocycles. The molecule has 0 radical (unpaired) electrons. The number of hydrogen-bond acceptors (Lipinski definition) is 6. The molecule has 24 heavy (non-hydrogen) atoms. The van der Waals surface area contributed by atoms with Gasteiger partial charge < -0.3 is 8.94 Å². The molecule has 0 saturated heterocycles. The van der Waals surface area contributed by atoms with Crippen molar-refractivity contribution >= 4 is 10.0 Å². The van der Waals surface area contributed by atoms with E-state index < -0.39 is 10.0 Å². The van der Waals surface area contributed by atoms with E-state index in [-0.39, 0.29) is 17.5 Å². The molecule has 3 aromatic heterocycles. The summed E-state index contributed by atoms with van der Waals surface area (Å²) in [4.78, 5) is 4.09. The molecule has 7 nitrogen and oxygen atoms in total. The Bertz CT molecular complexity index is 915. The summed E-state index contributed by atoms with van der Waals surface area (Å²) in [6, 6.07) is 8.38. The summed E-state index contributed by atoms with van der Waals surface area (Å²) >= 11 is 0. The third-order valence-corrected chi connectivity index (χ3v) is 5.72. The van der Waals surface area contributed by atoms with E-state index in [1.807, 2.05) is 0 Å². The van der Waals surface area contributed by atoms with Crippen molar-refractivity contribution in [3.8, 4) is 11.5 Å². The van der Waals surface area contributed by atoms with E-state index in [4.69, 9.17) is 8.94 Å². The molecule has 1 fully saturated rings. The number of pyridine rings is 1. The van der Waals surface area contributed by atoms with E-state index in [0.717, 1.165) is 12.8 Å². The fourth-order valence-corrected chi connectivity index (χ4v) is 4.11. The van der Waals surface area contributed by atoms with E-state index >= 15 is 0 Å². The number of sulfonamides is 1. The number of rotatable bonds is 6. The van der Waals surface area contributed by atoms with Crippen LogP contribution in [0.15, 0.2) is 62.8 Å². The summed E-state index contributed by atoms with van der Waals surface area (Å²) in [5.41, 5.74) is 0.542. The Morgan fingerprint density at radius 2 is 2.08 bits per heavy atom. The summed E-state index contributed by atoms with van der Waals surface area (Å²) in [5.74, 6) is 1.03. The minimum Gasteiger partial charge on any atom is -0.461 e. The van der Waals surface area contributed by atoms with Crippen LogP contribution in [0.2, 0.25) is 0 Å². The molecule has 3 heterocycles. The van der Waals surface area contributed by atoms with Crippen LogP contribution in [0.3, 0.4) is 0 Å². The van der Waals surface area contributed by atoms with Gasteiger partial charge in [0, 0.05) is 24.5 Å². The summed E-state index contributed by atoms with van der Waals surface area (Å²) in [5, 5.41) is 3.97. The van der Waals surface area contributed by atoms with E-state index in [1.165, 1.54) is 10.5 Å². The SMILES string of the molecule is O=S(=O)(c1cccnc1)N(Cc1cc(-c2ccco2)on1)C1CC1. The largest absolute Gasteiger partial charge is 0.461 e. The van der Waals surface area contributed by atoms with Crippen LogP contribution in [-0.2, 0) is 16.6 Å². The molecule has 0 atom stereocenters. The molecule has 0 amide bonds. The molecule has 3 aromatic rings. The molecule has 4 rings (SSSR count). The quantitative estimate of drug-likeness (QED) is 0.682. The average Bonchev–Trinajstić information content (AvgIpc) is 3.10. The average molecular weight is 345 g/mol. The van der Waals surface area contributed by atoms with Crippen LogP contribution in [0.1, 0.15) is 18.5 Å². The second-order valence-corrected chi connectivity index (χ2v) is 7.52. The lowest BCUT2D eigenvalue weighted by Gasteiger charge is -2.20. The predicted octanol–water partition coefficient (Wildman–Crippen LogP) is 2.68. The van der Waals surface area contributed by atoms with Gasteiger partial charge in [-0.05, 0) is 37.1 Å². The Labute approximate surface area is 138 Å². The summed E-state index contributed by atoms with van der Waals surface area (Å²) in [6.07, 6.45) is 6.15. The van der Waals surface area contributed by atoms with Crippen LogP contribution in [0.25, 0.3) is 11.5 Å². The number of hydrogen-bond donors (Lipinski definition) is 0. The van der Waals surface area contributed by atoms with Crippen molar-refractivity contribution in [3.05, 3.63) is 54.7 Å². The highest BCUT2D eigenvalue weighted by Gasteiger charge is 2.38. The fourth-order valence-electron chi connectivity index (χ4n) is 2.49. The molecule has 0 N–H and O–H groups in total. The number of nitrogens with zero attached hydrogens (tertiary/aromatic N) is 3. The fraction of sp³-hybridized carbons (Fsp3) is 0.250. The highest BCUT2D eigenvalue weighted by Crippen LogP contribution is 2.33. The first-order valence-electron chi connectivity index (χ1n) is 7.56. The van der Waals surface area contributed by atoms with Gasteiger partial charge in [-0.1, -0.05) is 5.16 Å². The Balaban J connectivity index is 1.61. The van der Waals surface area contributed by atoms with E-state index in [0.29, 0.717) is 17.2 Å². The molecule has 124 valence electrons.